The summed E-state index contributed by atoms with van der Waals surface area (Å²) in [4.78, 5) is 0. The van der Waals surface area contributed by atoms with E-state index in [4.69, 9.17) is 4.74 Å². The molecule has 2 aromatic rings. The standard InChI is InChI=1S/C18H23NO/c1-4-7-14-10-12-15(13-11-14)18(19-2)16-8-5-6-9-17(16)20-3/h5-6,8-13,18-19H,4,7H2,1-3H3. The third-order valence-corrected chi connectivity index (χ3v) is 3.59. The lowest BCUT2D eigenvalue weighted by molar-refractivity contribution is 0.405. The van der Waals surface area contributed by atoms with E-state index >= 15 is 0 Å². The molecule has 2 heteroatoms. The van der Waals surface area contributed by atoms with Gasteiger partial charge in [-0.3, -0.25) is 0 Å². The fraction of sp³-hybridized carbons (Fsp3) is 0.333. The summed E-state index contributed by atoms with van der Waals surface area (Å²) in [5.74, 6) is 0.921. The van der Waals surface area contributed by atoms with Crippen LogP contribution in [0.25, 0.3) is 0 Å². The molecule has 0 heterocycles. The van der Waals surface area contributed by atoms with E-state index in [0.29, 0.717) is 0 Å². The number of hydrogen-bond donors (Lipinski definition) is 1. The lowest BCUT2D eigenvalue weighted by Crippen LogP contribution is -2.18. The van der Waals surface area contributed by atoms with Crippen LogP contribution in [0.4, 0.5) is 0 Å². The van der Waals surface area contributed by atoms with E-state index in [9.17, 15) is 0 Å². The van der Waals surface area contributed by atoms with E-state index in [0.717, 1.165) is 12.2 Å². The normalized spacial score (nSPS) is 12.2. The highest BCUT2D eigenvalue weighted by Gasteiger charge is 2.15. The van der Waals surface area contributed by atoms with Gasteiger partial charge in [0.25, 0.3) is 0 Å². The maximum atomic E-state index is 5.47. The number of methoxy groups -OCH3 is 1. The topological polar surface area (TPSA) is 21.3 Å². The molecule has 0 aliphatic heterocycles. The van der Waals surface area contributed by atoms with Crippen molar-refractivity contribution in [1.29, 1.82) is 0 Å². The molecule has 0 radical (unpaired) electrons. The minimum absolute atomic E-state index is 0.154. The van der Waals surface area contributed by atoms with Gasteiger partial charge < -0.3 is 10.1 Å². The van der Waals surface area contributed by atoms with Crippen molar-refractivity contribution >= 4 is 0 Å². The molecule has 0 saturated carbocycles. The van der Waals surface area contributed by atoms with Crippen LogP contribution in [0.1, 0.15) is 36.1 Å². The van der Waals surface area contributed by atoms with Crippen LogP contribution in [-0.4, -0.2) is 14.2 Å². The minimum Gasteiger partial charge on any atom is -0.496 e. The first-order chi connectivity index (χ1) is 9.80. The third kappa shape index (κ3) is 3.20. The number of nitrogens with one attached hydrogen (secondary N) is 1. The lowest BCUT2D eigenvalue weighted by Gasteiger charge is -2.20. The Balaban J connectivity index is 2.31. The molecule has 20 heavy (non-hydrogen) atoms. The first-order valence-corrected chi connectivity index (χ1v) is 7.19. The molecule has 0 bridgehead atoms. The Morgan fingerprint density at radius 1 is 1.05 bits per heavy atom. The van der Waals surface area contributed by atoms with Gasteiger partial charge in [0.15, 0.2) is 0 Å². The Bertz CT molecular complexity index is 533. The van der Waals surface area contributed by atoms with Crippen LogP contribution in [0.2, 0.25) is 0 Å². The molecule has 1 atom stereocenters. The van der Waals surface area contributed by atoms with Gasteiger partial charge in [-0.05, 0) is 30.7 Å². The largest absolute Gasteiger partial charge is 0.496 e. The molecule has 0 aromatic heterocycles. The summed E-state index contributed by atoms with van der Waals surface area (Å²) in [6, 6.07) is 17.2. The highest BCUT2D eigenvalue weighted by atomic mass is 16.5. The fourth-order valence-corrected chi connectivity index (χ4v) is 2.57. The number of ether oxygens (including phenoxy) is 1. The zero-order chi connectivity index (χ0) is 14.4. The molecule has 2 rings (SSSR count). The van der Waals surface area contributed by atoms with Crippen LogP contribution in [0.3, 0.4) is 0 Å². The monoisotopic (exact) mass is 269 g/mol. The van der Waals surface area contributed by atoms with Crippen molar-refractivity contribution in [2.24, 2.45) is 0 Å². The van der Waals surface area contributed by atoms with Gasteiger partial charge in [-0.1, -0.05) is 55.8 Å². The maximum absolute atomic E-state index is 5.47. The van der Waals surface area contributed by atoms with Crippen molar-refractivity contribution < 1.29 is 4.74 Å². The van der Waals surface area contributed by atoms with Crippen molar-refractivity contribution in [3.63, 3.8) is 0 Å². The summed E-state index contributed by atoms with van der Waals surface area (Å²) in [7, 11) is 3.70. The second-order valence-corrected chi connectivity index (χ2v) is 4.96. The molecule has 0 fully saturated rings. The van der Waals surface area contributed by atoms with Gasteiger partial charge >= 0.3 is 0 Å². The van der Waals surface area contributed by atoms with Gasteiger partial charge in [-0.25, -0.2) is 0 Å². The SMILES string of the molecule is CCCc1ccc(C(NC)c2ccccc2OC)cc1. The predicted molar refractivity (Wildman–Crippen MR) is 84.3 cm³/mol. The number of hydrogen-bond acceptors (Lipinski definition) is 2. The second-order valence-electron chi connectivity index (χ2n) is 4.96. The Morgan fingerprint density at radius 3 is 2.35 bits per heavy atom. The molecule has 1 unspecified atom stereocenters. The fourth-order valence-electron chi connectivity index (χ4n) is 2.57. The number of aryl methyl sites for hydroxylation is 1. The lowest BCUT2D eigenvalue weighted by atomic mass is 9.96. The van der Waals surface area contributed by atoms with E-state index in [1.165, 1.54) is 23.1 Å². The summed E-state index contributed by atoms with van der Waals surface area (Å²) in [6.45, 7) is 2.21. The van der Waals surface area contributed by atoms with Gasteiger partial charge in [0.1, 0.15) is 5.75 Å². The summed E-state index contributed by atoms with van der Waals surface area (Å²) >= 11 is 0. The molecule has 1 N–H and O–H groups in total. The van der Waals surface area contributed by atoms with E-state index in [-0.39, 0.29) is 6.04 Å². The highest BCUT2D eigenvalue weighted by Crippen LogP contribution is 2.29. The second kappa shape index (κ2) is 7.11. The predicted octanol–water partition coefficient (Wildman–Crippen LogP) is 3.96. The van der Waals surface area contributed by atoms with Crippen molar-refractivity contribution in [3.8, 4) is 5.75 Å². The van der Waals surface area contributed by atoms with Gasteiger partial charge in [-0.2, -0.15) is 0 Å². The molecule has 2 nitrogen and oxygen atoms in total. The molecular formula is C18H23NO. The molecule has 0 saturated heterocycles. The van der Waals surface area contributed by atoms with Gasteiger partial charge in [0.05, 0.1) is 13.2 Å². The third-order valence-electron chi connectivity index (χ3n) is 3.59. The Morgan fingerprint density at radius 2 is 1.75 bits per heavy atom. The smallest absolute Gasteiger partial charge is 0.123 e. The van der Waals surface area contributed by atoms with Crippen LogP contribution in [0, 0.1) is 0 Å². The van der Waals surface area contributed by atoms with Gasteiger partial charge in [0.2, 0.25) is 0 Å². The Kier molecular flexibility index (Phi) is 5.19. The summed E-state index contributed by atoms with van der Waals surface area (Å²) in [5, 5.41) is 3.38. The average Bonchev–Trinajstić information content (AvgIpc) is 2.50. The van der Waals surface area contributed by atoms with Crippen molar-refractivity contribution in [2.45, 2.75) is 25.8 Å². The van der Waals surface area contributed by atoms with Crippen LogP contribution in [0.15, 0.2) is 48.5 Å². The van der Waals surface area contributed by atoms with Crippen LogP contribution >= 0.6 is 0 Å². The number of rotatable bonds is 6. The van der Waals surface area contributed by atoms with Gasteiger partial charge in [0, 0.05) is 5.56 Å². The van der Waals surface area contributed by atoms with E-state index < -0.39 is 0 Å². The molecule has 0 aliphatic carbocycles. The van der Waals surface area contributed by atoms with Crippen molar-refractivity contribution in [3.05, 3.63) is 65.2 Å². The summed E-state index contributed by atoms with van der Waals surface area (Å²) in [6.07, 6.45) is 2.32. The summed E-state index contributed by atoms with van der Waals surface area (Å²) < 4.78 is 5.47. The quantitative estimate of drug-likeness (QED) is 0.857. The first kappa shape index (κ1) is 14.6. The van der Waals surface area contributed by atoms with Crippen LogP contribution in [-0.2, 0) is 6.42 Å². The summed E-state index contributed by atoms with van der Waals surface area (Å²) in [5.41, 5.74) is 3.82. The number of para-hydroxylation sites is 1. The van der Waals surface area contributed by atoms with Gasteiger partial charge in [-0.15, -0.1) is 0 Å². The maximum Gasteiger partial charge on any atom is 0.123 e. The number of benzene rings is 2. The average molecular weight is 269 g/mol. The van der Waals surface area contributed by atoms with Crippen LogP contribution < -0.4 is 10.1 Å². The van der Waals surface area contributed by atoms with Crippen molar-refractivity contribution in [1.82, 2.24) is 5.32 Å². The minimum atomic E-state index is 0.154. The molecule has 0 aliphatic rings. The Labute approximate surface area is 121 Å². The van der Waals surface area contributed by atoms with Crippen LogP contribution in [0.5, 0.6) is 5.75 Å². The molecule has 0 spiro atoms. The molecular weight excluding hydrogens is 246 g/mol. The van der Waals surface area contributed by atoms with Crippen molar-refractivity contribution in [2.75, 3.05) is 14.2 Å². The van der Waals surface area contributed by atoms with E-state index in [2.05, 4.69) is 42.6 Å². The Hall–Kier alpha value is -1.80. The first-order valence-electron chi connectivity index (χ1n) is 7.19. The molecule has 2 aromatic carbocycles. The zero-order valence-corrected chi connectivity index (χ0v) is 12.5. The molecule has 0 amide bonds. The van der Waals surface area contributed by atoms with E-state index in [1.807, 2.05) is 25.2 Å². The molecule has 106 valence electrons. The highest BCUT2D eigenvalue weighted by molar-refractivity contribution is 5.42. The van der Waals surface area contributed by atoms with E-state index in [1.54, 1.807) is 7.11 Å². The zero-order valence-electron chi connectivity index (χ0n) is 12.5.